The average molecular weight is 308 g/mol. The van der Waals surface area contributed by atoms with Crippen molar-refractivity contribution >= 4 is 33.3 Å². The zero-order valence-electron chi connectivity index (χ0n) is 9.14. The number of carbonyl (C=O) groups is 1. The molecule has 0 radical (unpaired) electrons. The molecule has 0 aliphatic carbocycles. The van der Waals surface area contributed by atoms with Crippen LogP contribution in [0.3, 0.4) is 0 Å². The summed E-state index contributed by atoms with van der Waals surface area (Å²) < 4.78 is 13.0. The molecule has 0 aliphatic rings. The van der Waals surface area contributed by atoms with E-state index < -0.39 is 0 Å². The van der Waals surface area contributed by atoms with Gasteiger partial charge in [0.25, 0.3) is 0 Å². The van der Waals surface area contributed by atoms with Crippen LogP contribution in [0.15, 0.2) is 18.2 Å². The van der Waals surface area contributed by atoms with Crippen molar-refractivity contribution in [2.24, 2.45) is 5.92 Å². The Bertz CT molecular complexity index is 393. The molecule has 1 nitrogen and oxygen atoms in total. The van der Waals surface area contributed by atoms with Gasteiger partial charge in [0, 0.05) is 10.9 Å². The Kier molecular flexibility index (Phi) is 4.93. The summed E-state index contributed by atoms with van der Waals surface area (Å²) in [6, 6.07) is 4.18. The van der Waals surface area contributed by atoms with E-state index in [9.17, 15) is 9.18 Å². The SMILES string of the molecule is CC(C)C(=O)C(Br)Cc1cc(F)ccc1Cl. The number of rotatable bonds is 4. The number of hydrogen-bond acceptors (Lipinski definition) is 1. The van der Waals surface area contributed by atoms with Crippen LogP contribution in [0.1, 0.15) is 19.4 Å². The molecule has 16 heavy (non-hydrogen) atoms. The third-order valence-electron chi connectivity index (χ3n) is 2.28. The Hall–Kier alpha value is -0.410. The molecule has 0 aliphatic heterocycles. The lowest BCUT2D eigenvalue weighted by molar-refractivity contribution is -0.121. The molecule has 0 N–H and O–H groups in total. The first-order valence-electron chi connectivity index (χ1n) is 5.03. The van der Waals surface area contributed by atoms with Crippen molar-refractivity contribution in [1.29, 1.82) is 0 Å². The second-order valence-corrected chi connectivity index (χ2v) is 5.48. The van der Waals surface area contributed by atoms with Crippen molar-refractivity contribution in [3.05, 3.63) is 34.6 Å². The molecule has 0 amide bonds. The lowest BCUT2D eigenvalue weighted by Crippen LogP contribution is -2.21. The van der Waals surface area contributed by atoms with Gasteiger partial charge in [0.05, 0.1) is 4.83 Å². The number of hydrogen-bond donors (Lipinski definition) is 0. The van der Waals surface area contributed by atoms with Crippen molar-refractivity contribution in [3.63, 3.8) is 0 Å². The molecule has 0 saturated carbocycles. The van der Waals surface area contributed by atoms with E-state index in [4.69, 9.17) is 11.6 Å². The van der Waals surface area contributed by atoms with Gasteiger partial charge in [-0.05, 0) is 30.2 Å². The molecular weight excluding hydrogens is 294 g/mol. The summed E-state index contributed by atoms with van der Waals surface area (Å²) in [7, 11) is 0. The predicted octanol–water partition coefficient (Wildman–Crippen LogP) is 4.01. The number of Topliss-reactive ketones (excluding diaryl/α,β-unsaturated/α-hetero) is 1. The first-order valence-corrected chi connectivity index (χ1v) is 6.33. The Morgan fingerprint density at radius 3 is 2.69 bits per heavy atom. The second kappa shape index (κ2) is 5.78. The average Bonchev–Trinajstić information content (AvgIpc) is 2.22. The minimum Gasteiger partial charge on any atom is -0.298 e. The lowest BCUT2D eigenvalue weighted by Gasteiger charge is -2.12. The summed E-state index contributed by atoms with van der Waals surface area (Å²) in [6.07, 6.45) is 0.410. The van der Waals surface area contributed by atoms with Gasteiger partial charge in [0.15, 0.2) is 0 Å². The third kappa shape index (κ3) is 3.56. The summed E-state index contributed by atoms with van der Waals surface area (Å²) in [6.45, 7) is 3.67. The molecule has 1 unspecified atom stereocenters. The van der Waals surface area contributed by atoms with Crippen LogP contribution < -0.4 is 0 Å². The van der Waals surface area contributed by atoms with E-state index in [-0.39, 0.29) is 22.3 Å². The van der Waals surface area contributed by atoms with Gasteiger partial charge < -0.3 is 0 Å². The van der Waals surface area contributed by atoms with Crippen molar-refractivity contribution in [2.45, 2.75) is 25.1 Å². The highest BCUT2D eigenvalue weighted by molar-refractivity contribution is 9.10. The molecule has 1 atom stereocenters. The normalized spacial score (nSPS) is 12.9. The maximum Gasteiger partial charge on any atom is 0.149 e. The molecule has 0 bridgehead atoms. The van der Waals surface area contributed by atoms with Crippen LogP contribution in [-0.4, -0.2) is 10.6 Å². The van der Waals surface area contributed by atoms with Crippen LogP contribution in [0, 0.1) is 11.7 Å². The summed E-state index contributed by atoms with van der Waals surface area (Å²) in [5.41, 5.74) is 0.651. The molecule has 0 heterocycles. The molecule has 0 fully saturated rings. The minimum absolute atomic E-state index is 0.0447. The summed E-state index contributed by atoms with van der Waals surface area (Å²) in [4.78, 5) is 11.3. The molecule has 1 aromatic rings. The van der Waals surface area contributed by atoms with Crippen LogP contribution in [0.25, 0.3) is 0 Å². The summed E-state index contributed by atoms with van der Waals surface area (Å²) in [5, 5.41) is 0.488. The van der Waals surface area contributed by atoms with Crippen molar-refractivity contribution in [2.75, 3.05) is 0 Å². The number of ketones is 1. The third-order valence-corrected chi connectivity index (χ3v) is 3.43. The van der Waals surface area contributed by atoms with Crippen LogP contribution in [0.4, 0.5) is 4.39 Å². The lowest BCUT2D eigenvalue weighted by atomic mass is 10.0. The molecule has 0 aromatic heterocycles. The second-order valence-electron chi connectivity index (χ2n) is 3.96. The maximum absolute atomic E-state index is 13.0. The van der Waals surface area contributed by atoms with Crippen LogP contribution >= 0.6 is 27.5 Å². The molecule has 4 heteroatoms. The standard InChI is InChI=1S/C12H13BrClFO/c1-7(2)12(16)10(13)6-8-5-9(15)3-4-11(8)14/h3-5,7,10H,6H2,1-2H3. The van der Waals surface area contributed by atoms with E-state index in [2.05, 4.69) is 15.9 Å². The maximum atomic E-state index is 13.0. The molecular formula is C12H13BrClFO. The molecule has 1 aromatic carbocycles. The van der Waals surface area contributed by atoms with E-state index in [0.29, 0.717) is 17.0 Å². The smallest absolute Gasteiger partial charge is 0.149 e. The van der Waals surface area contributed by atoms with Gasteiger partial charge in [0.2, 0.25) is 0 Å². The quantitative estimate of drug-likeness (QED) is 0.768. The fraction of sp³-hybridized carbons (Fsp3) is 0.417. The molecule has 0 saturated heterocycles. The van der Waals surface area contributed by atoms with E-state index in [1.165, 1.54) is 18.2 Å². The van der Waals surface area contributed by atoms with Gasteiger partial charge in [-0.2, -0.15) is 0 Å². The highest BCUT2D eigenvalue weighted by atomic mass is 79.9. The van der Waals surface area contributed by atoms with E-state index in [1.807, 2.05) is 13.8 Å². The van der Waals surface area contributed by atoms with Crippen molar-refractivity contribution < 1.29 is 9.18 Å². The Labute approximate surface area is 108 Å². The predicted molar refractivity (Wildman–Crippen MR) is 67.7 cm³/mol. The van der Waals surface area contributed by atoms with E-state index in [1.54, 1.807) is 0 Å². The van der Waals surface area contributed by atoms with E-state index >= 15 is 0 Å². The first-order chi connectivity index (χ1) is 7.41. The highest BCUT2D eigenvalue weighted by Crippen LogP contribution is 2.22. The summed E-state index contributed by atoms with van der Waals surface area (Å²) in [5.74, 6) is -0.284. The van der Waals surface area contributed by atoms with Crippen LogP contribution in [-0.2, 0) is 11.2 Å². The Morgan fingerprint density at radius 1 is 1.50 bits per heavy atom. The number of alkyl halides is 1. The molecule has 0 spiro atoms. The van der Waals surface area contributed by atoms with Crippen molar-refractivity contribution in [1.82, 2.24) is 0 Å². The monoisotopic (exact) mass is 306 g/mol. The van der Waals surface area contributed by atoms with Gasteiger partial charge in [-0.3, -0.25) is 4.79 Å². The minimum atomic E-state index is -0.337. The Morgan fingerprint density at radius 2 is 2.12 bits per heavy atom. The number of carbonyl (C=O) groups excluding carboxylic acids is 1. The van der Waals surface area contributed by atoms with E-state index in [0.717, 1.165) is 0 Å². The number of benzene rings is 1. The topological polar surface area (TPSA) is 17.1 Å². The van der Waals surface area contributed by atoms with Gasteiger partial charge in [0.1, 0.15) is 11.6 Å². The zero-order chi connectivity index (χ0) is 12.3. The van der Waals surface area contributed by atoms with Gasteiger partial charge in [-0.15, -0.1) is 0 Å². The largest absolute Gasteiger partial charge is 0.298 e. The zero-order valence-corrected chi connectivity index (χ0v) is 11.5. The first kappa shape index (κ1) is 13.7. The summed E-state index contributed by atoms with van der Waals surface area (Å²) >= 11 is 9.23. The molecule has 88 valence electrons. The van der Waals surface area contributed by atoms with Gasteiger partial charge in [-0.25, -0.2) is 4.39 Å². The fourth-order valence-corrected chi connectivity index (χ4v) is 2.43. The van der Waals surface area contributed by atoms with Crippen LogP contribution in [0.2, 0.25) is 5.02 Å². The van der Waals surface area contributed by atoms with Crippen molar-refractivity contribution in [3.8, 4) is 0 Å². The van der Waals surface area contributed by atoms with Crippen LogP contribution in [0.5, 0.6) is 0 Å². The Balaban J connectivity index is 2.80. The van der Waals surface area contributed by atoms with Gasteiger partial charge >= 0.3 is 0 Å². The fourth-order valence-electron chi connectivity index (χ4n) is 1.36. The molecule has 1 rings (SSSR count). The highest BCUT2D eigenvalue weighted by Gasteiger charge is 2.19. The number of halogens is 3. The van der Waals surface area contributed by atoms with Gasteiger partial charge in [-0.1, -0.05) is 41.4 Å².